The molecule has 0 aromatic rings. The van der Waals surface area contributed by atoms with Crippen LogP contribution in [0, 0.1) is 5.92 Å². The normalized spacial score (nSPS) is 24.9. The number of carbonyl (C=O) groups excluding carboxylic acids is 1. The molecule has 0 bridgehead atoms. The molecule has 1 atom stereocenters. The summed E-state index contributed by atoms with van der Waals surface area (Å²) in [4.78, 5) is 13.5. The third kappa shape index (κ3) is 2.58. The Morgan fingerprint density at radius 2 is 2.38 bits per heavy atom. The minimum Gasteiger partial charge on any atom is -0.463 e. The third-order valence-corrected chi connectivity index (χ3v) is 2.43. The zero-order chi connectivity index (χ0) is 9.84. The fourth-order valence-electron chi connectivity index (χ4n) is 1.69. The van der Waals surface area contributed by atoms with Gasteiger partial charge < -0.3 is 4.74 Å². The van der Waals surface area contributed by atoms with E-state index in [9.17, 15) is 4.79 Å². The Morgan fingerprint density at radius 1 is 1.69 bits per heavy atom. The van der Waals surface area contributed by atoms with Gasteiger partial charge in [0.15, 0.2) is 0 Å². The van der Waals surface area contributed by atoms with Crippen LogP contribution >= 0.6 is 11.6 Å². The molecule has 0 aliphatic carbocycles. The number of cyclic esters (lactones) is 1. The second-order valence-corrected chi connectivity index (χ2v) is 3.96. The summed E-state index contributed by atoms with van der Waals surface area (Å²) in [6.45, 7) is 6.12. The van der Waals surface area contributed by atoms with Gasteiger partial charge in [-0.2, -0.15) is 0 Å². The molecule has 4 heteroatoms. The van der Waals surface area contributed by atoms with Crippen LogP contribution in [0.15, 0.2) is 0 Å². The Hall–Kier alpha value is -0.280. The Morgan fingerprint density at radius 3 is 2.92 bits per heavy atom. The molecule has 1 rings (SSSR count). The Labute approximate surface area is 84.0 Å². The minimum atomic E-state index is -0.105. The van der Waals surface area contributed by atoms with Crippen LogP contribution in [0.2, 0.25) is 0 Å². The molecule has 0 aromatic carbocycles. The van der Waals surface area contributed by atoms with Gasteiger partial charge in [0.2, 0.25) is 0 Å². The molecule has 0 radical (unpaired) electrons. The van der Waals surface area contributed by atoms with E-state index in [2.05, 4.69) is 4.90 Å². The van der Waals surface area contributed by atoms with Crippen molar-refractivity contribution >= 4 is 17.6 Å². The zero-order valence-corrected chi connectivity index (χ0v) is 8.88. The Balaban J connectivity index is 2.62. The van der Waals surface area contributed by atoms with E-state index in [0.29, 0.717) is 12.5 Å². The van der Waals surface area contributed by atoms with E-state index in [1.807, 2.05) is 13.8 Å². The first kappa shape index (κ1) is 10.8. The fraction of sp³-hybridized carbons (Fsp3) is 0.889. The van der Waals surface area contributed by atoms with Gasteiger partial charge in [0.25, 0.3) is 0 Å². The summed E-state index contributed by atoms with van der Waals surface area (Å²) in [5, 5.41) is 0. The lowest BCUT2D eigenvalue weighted by Gasteiger charge is -2.35. The van der Waals surface area contributed by atoms with Gasteiger partial charge in [-0.1, -0.05) is 13.8 Å². The first-order valence-corrected chi connectivity index (χ1v) is 5.17. The highest BCUT2D eigenvalue weighted by molar-refractivity contribution is 6.18. The van der Waals surface area contributed by atoms with Crippen molar-refractivity contribution in [2.45, 2.75) is 19.9 Å². The highest BCUT2D eigenvalue weighted by atomic mass is 35.5. The van der Waals surface area contributed by atoms with Crippen LogP contribution in [0.5, 0.6) is 0 Å². The lowest BCUT2D eigenvalue weighted by Crippen LogP contribution is -2.52. The van der Waals surface area contributed by atoms with Gasteiger partial charge in [0, 0.05) is 19.0 Å². The average Bonchev–Trinajstić information content (AvgIpc) is 2.04. The number of nitrogens with zero attached hydrogens (tertiary/aromatic N) is 1. The van der Waals surface area contributed by atoms with Gasteiger partial charge in [-0.15, -0.1) is 11.6 Å². The van der Waals surface area contributed by atoms with Crippen molar-refractivity contribution in [3.63, 3.8) is 0 Å². The summed E-state index contributed by atoms with van der Waals surface area (Å²) in [6, 6.07) is -0.104. The third-order valence-electron chi connectivity index (χ3n) is 2.26. The second kappa shape index (κ2) is 4.82. The first-order valence-electron chi connectivity index (χ1n) is 4.63. The van der Waals surface area contributed by atoms with Crippen LogP contribution in [-0.2, 0) is 9.53 Å². The van der Waals surface area contributed by atoms with Gasteiger partial charge in [-0.3, -0.25) is 9.69 Å². The van der Waals surface area contributed by atoms with Crippen LogP contribution in [0.1, 0.15) is 13.8 Å². The number of alkyl halides is 1. The van der Waals surface area contributed by atoms with E-state index in [0.717, 1.165) is 13.1 Å². The summed E-state index contributed by atoms with van der Waals surface area (Å²) in [7, 11) is 0. The van der Waals surface area contributed by atoms with E-state index in [-0.39, 0.29) is 17.9 Å². The molecule has 1 heterocycles. The molecule has 0 spiro atoms. The topological polar surface area (TPSA) is 29.5 Å². The van der Waals surface area contributed by atoms with Gasteiger partial charge in [-0.05, 0) is 5.92 Å². The highest BCUT2D eigenvalue weighted by Crippen LogP contribution is 2.16. The van der Waals surface area contributed by atoms with Crippen molar-refractivity contribution in [3.8, 4) is 0 Å². The monoisotopic (exact) mass is 205 g/mol. The molecular formula is C9H16ClNO2. The SMILES string of the molecule is CC(C)C1C(=O)OCCN1CCCl. The van der Waals surface area contributed by atoms with Gasteiger partial charge in [0.05, 0.1) is 0 Å². The molecule has 1 unspecified atom stereocenters. The summed E-state index contributed by atoms with van der Waals surface area (Å²) in [5.41, 5.74) is 0. The summed E-state index contributed by atoms with van der Waals surface area (Å²) >= 11 is 5.66. The number of hydrogen-bond donors (Lipinski definition) is 0. The lowest BCUT2D eigenvalue weighted by molar-refractivity contribution is -0.159. The van der Waals surface area contributed by atoms with Crippen LogP contribution in [0.25, 0.3) is 0 Å². The van der Waals surface area contributed by atoms with Gasteiger partial charge in [0.1, 0.15) is 12.6 Å². The number of hydrogen-bond acceptors (Lipinski definition) is 3. The largest absolute Gasteiger partial charge is 0.463 e. The molecule has 1 aliphatic heterocycles. The van der Waals surface area contributed by atoms with Crippen molar-refractivity contribution in [1.29, 1.82) is 0 Å². The van der Waals surface area contributed by atoms with Crippen LogP contribution in [0.3, 0.4) is 0 Å². The fourth-order valence-corrected chi connectivity index (χ4v) is 1.91. The molecule has 76 valence electrons. The first-order chi connectivity index (χ1) is 6.16. The van der Waals surface area contributed by atoms with E-state index in [1.165, 1.54) is 0 Å². The van der Waals surface area contributed by atoms with E-state index < -0.39 is 0 Å². The van der Waals surface area contributed by atoms with E-state index in [1.54, 1.807) is 0 Å². The molecule has 0 saturated carbocycles. The van der Waals surface area contributed by atoms with Crippen molar-refractivity contribution in [2.75, 3.05) is 25.6 Å². The molecule has 13 heavy (non-hydrogen) atoms. The molecule has 0 amide bonds. The average molecular weight is 206 g/mol. The number of halogens is 1. The number of ether oxygens (including phenoxy) is 1. The molecule has 1 saturated heterocycles. The quantitative estimate of drug-likeness (QED) is 0.511. The maximum Gasteiger partial charge on any atom is 0.323 e. The van der Waals surface area contributed by atoms with Crippen molar-refractivity contribution in [1.82, 2.24) is 4.90 Å². The summed E-state index contributed by atoms with van der Waals surface area (Å²) in [5.74, 6) is 0.749. The van der Waals surface area contributed by atoms with E-state index in [4.69, 9.17) is 16.3 Å². The second-order valence-electron chi connectivity index (χ2n) is 3.58. The van der Waals surface area contributed by atoms with Crippen LogP contribution in [0.4, 0.5) is 0 Å². The number of morpholine rings is 1. The van der Waals surface area contributed by atoms with Gasteiger partial charge in [-0.25, -0.2) is 0 Å². The van der Waals surface area contributed by atoms with Crippen LogP contribution < -0.4 is 0 Å². The number of rotatable bonds is 3. The lowest BCUT2D eigenvalue weighted by atomic mass is 10.0. The predicted octanol–water partition coefficient (Wildman–Crippen LogP) is 1.11. The maximum absolute atomic E-state index is 11.4. The Bertz CT molecular complexity index is 182. The smallest absolute Gasteiger partial charge is 0.323 e. The highest BCUT2D eigenvalue weighted by Gasteiger charge is 2.33. The summed E-state index contributed by atoms with van der Waals surface area (Å²) in [6.07, 6.45) is 0. The zero-order valence-electron chi connectivity index (χ0n) is 8.12. The molecule has 1 fully saturated rings. The van der Waals surface area contributed by atoms with Crippen molar-refractivity contribution in [2.24, 2.45) is 5.92 Å². The number of carbonyl (C=O) groups is 1. The predicted molar refractivity (Wildman–Crippen MR) is 51.9 cm³/mol. The van der Waals surface area contributed by atoms with Crippen LogP contribution in [-0.4, -0.2) is 42.5 Å². The van der Waals surface area contributed by atoms with Gasteiger partial charge >= 0.3 is 5.97 Å². The number of esters is 1. The Kier molecular flexibility index (Phi) is 4.00. The standard InChI is InChI=1S/C9H16ClNO2/c1-7(2)8-9(12)13-6-5-11(8)4-3-10/h7-8H,3-6H2,1-2H3. The molecule has 1 aliphatic rings. The van der Waals surface area contributed by atoms with Crippen molar-refractivity contribution in [3.05, 3.63) is 0 Å². The molecular weight excluding hydrogens is 190 g/mol. The maximum atomic E-state index is 11.4. The minimum absolute atomic E-state index is 0.104. The summed E-state index contributed by atoms with van der Waals surface area (Å²) < 4.78 is 5.00. The molecule has 0 aromatic heterocycles. The molecule has 3 nitrogen and oxygen atoms in total. The molecule has 0 N–H and O–H groups in total. The van der Waals surface area contributed by atoms with E-state index >= 15 is 0 Å². The van der Waals surface area contributed by atoms with Crippen molar-refractivity contribution < 1.29 is 9.53 Å².